The lowest BCUT2D eigenvalue weighted by molar-refractivity contribution is -0.133. The van der Waals surface area contributed by atoms with Gasteiger partial charge in [-0.15, -0.1) is 0 Å². The average molecular weight is 269 g/mol. The molecule has 1 rings (SSSR count). The molecule has 0 aromatic rings. The van der Waals surface area contributed by atoms with E-state index in [0.29, 0.717) is 24.3 Å². The fourth-order valence-electron chi connectivity index (χ4n) is 2.86. The van der Waals surface area contributed by atoms with E-state index in [9.17, 15) is 4.79 Å². The van der Waals surface area contributed by atoms with Crippen LogP contribution in [0.4, 0.5) is 0 Å². The summed E-state index contributed by atoms with van der Waals surface area (Å²) in [6.07, 6.45) is 4.82. The highest BCUT2D eigenvalue weighted by molar-refractivity contribution is 5.76. The number of carbonyl (C=O) groups is 1. The molecule has 0 radical (unpaired) electrons. The fraction of sp³-hybridized carbons (Fsp3) is 0.933. The summed E-state index contributed by atoms with van der Waals surface area (Å²) in [6.45, 7) is 8.13. The lowest BCUT2D eigenvalue weighted by Gasteiger charge is -2.30. The van der Waals surface area contributed by atoms with Gasteiger partial charge in [0, 0.05) is 25.6 Å². The van der Waals surface area contributed by atoms with E-state index in [4.69, 9.17) is 5.73 Å². The van der Waals surface area contributed by atoms with Gasteiger partial charge in [-0.25, -0.2) is 0 Å². The van der Waals surface area contributed by atoms with Gasteiger partial charge in [-0.05, 0) is 51.7 Å². The molecule has 1 aliphatic rings. The Labute approximate surface area is 118 Å². The van der Waals surface area contributed by atoms with Crippen LogP contribution in [0.15, 0.2) is 0 Å². The molecule has 1 heterocycles. The number of carbonyl (C=O) groups excluding carboxylic acids is 1. The van der Waals surface area contributed by atoms with Gasteiger partial charge in [-0.2, -0.15) is 0 Å². The molecule has 0 spiro atoms. The molecule has 112 valence electrons. The molecule has 1 aliphatic heterocycles. The van der Waals surface area contributed by atoms with Crippen LogP contribution in [0.5, 0.6) is 0 Å². The van der Waals surface area contributed by atoms with Crippen LogP contribution >= 0.6 is 0 Å². The third-order valence-corrected chi connectivity index (χ3v) is 4.20. The minimum atomic E-state index is 0.339. The van der Waals surface area contributed by atoms with Gasteiger partial charge >= 0.3 is 0 Å². The van der Waals surface area contributed by atoms with Crippen LogP contribution in [0.3, 0.4) is 0 Å². The Balaban J connectivity index is 2.48. The lowest BCUT2D eigenvalue weighted by Crippen LogP contribution is -2.43. The fourth-order valence-corrected chi connectivity index (χ4v) is 2.86. The second-order valence-electron chi connectivity index (χ2n) is 5.99. The summed E-state index contributed by atoms with van der Waals surface area (Å²) < 4.78 is 0. The van der Waals surface area contributed by atoms with E-state index in [2.05, 4.69) is 30.7 Å². The van der Waals surface area contributed by atoms with E-state index >= 15 is 0 Å². The molecule has 0 aliphatic carbocycles. The minimum absolute atomic E-state index is 0.339. The maximum Gasteiger partial charge on any atom is 0.222 e. The second kappa shape index (κ2) is 8.54. The molecule has 1 fully saturated rings. The first-order valence-corrected chi connectivity index (χ1v) is 7.76. The summed E-state index contributed by atoms with van der Waals surface area (Å²) in [6, 6.07) is 0.393. The third-order valence-electron chi connectivity index (χ3n) is 4.20. The largest absolute Gasteiger partial charge is 0.338 e. The number of rotatable bonds is 6. The van der Waals surface area contributed by atoms with Crippen molar-refractivity contribution in [1.82, 2.24) is 9.80 Å². The van der Waals surface area contributed by atoms with Gasteiger partial charge in [0.15, 0.2) is 0 Å². The second-order valence-corrected chi connectivity index (χ2v) is 5.99. The Morgan fingerprint density at radius 2 is 2.11 bits per heavy atom. The molecule has 0 aromatic heterocycles. The van der Waals surface area contributed by atoms with E-state index in [0.717, 1.165) is 51.9 Å². The monoisotopic (exact) mass is 269 g/mol. The van der Waals surface area contributed by atoms with Gasteiger partial charge in [0.25, 0.3) is 0 Å². The molecule has 0 bridgehead atoms. The van der Waals surface area contributed by atoms with Gasteiger partial charge in [-0.1, -0.05) is 13.8 Å². The maximum atomic E-state index is 12.4. The van der Waals surface area contributed by atoms with Crippen LogP contribution in [-0.4, -0.2) is 55.0 Å². The highest BCUT2D eigenvalue weighted by Crippen LogP contribution is 2.16. The Kier molecular flexibility index (Phi) is 7.39. The molecule has 2 unspecified atom stereocenters. The zero-order valence-electron chi connectivity index (χ0n) is 12.9. The SMILES string of the molecule is CCC1CN(C)CCCN1C(=O)CCC(C)CCN. The molecular formula is C15H31N3O. The summed E-state index contributed by atoms with van der Waals surface area (Å²) in [5.74, 6) is 0.898. The Morgan fingerprint density at radius 1 is 1.37 bits per heavy atom. The van der Waals surface area contributed by atoms with Crippen LogP contribution in [0, 0.1) is 5.92 Å². The number of nitrogens with two attached hydrogens (primary N) is 1. The predicted octanol–water partition coefficient (Wildman–Crippen LogP) is 1.69. The van der Waals surface area contributed by atoms with Gasteiger partial charge in [-0.3, -0.25) is 4.79 Å². The topological polar surface area (TPSA) is 49.6 Å². The first-order valence-electron chi connectivity index (χ1n) is 7.76. The van der Waals surface area contributed by atoms with Gasteiger partial charge in [0.1, 0.15) is 0 Å². The summed E-state index contributed by atoms with van der Waals surface area (Å²) in [7, 11) is 2.15. The summed E-state index contributed by atoms with van der Waals surface area (Å²) in [4.78, 5) is 16.9. The van der Waals surface area contributed by atoms with Crippen molar-refractivity contribution in [3.05, 3.63) is 0 Å². The molecule has 0 aromatic carbocycles. The highest BCUT2D eigenvalue weighted by Gasteiger charge is 2.25. The molecule has 2 N–H and O–H groups in total. The number of amides is 1. The lowest BCUT2D eigenvalue weighted by atomic mass is 10.0. The van der Waals surface area contributed by atoms with Gasteiger partial charge in [0.05, 0.1) is 0 Å². The zero-order chi connectivity index (χ0) is 14.3. The number of hydrogen-bond donors (Lipinski definition) is 1. The van der Waals surface area contributed by atoms with Crippen molar-refractivity contribution < 1.29 is 4.79 Å². The van der Waals surface area contributed by atoms with Crippen LogP contribution in [0.1, 0.15) is 46.0 Å². The molecule has 1 saturated heterocycles. The molecule has 2 atom stereocenters. The smallest absolute Gasteiger partial charge is 0.222 e. The van der Waals surface area contributed by atoms with Crippen molar-refractivity contribution in [3.63, 3.8) is 0 Å². The van der Waals surface area contributed by atoms with Crippen molar-refractivity contribution in [2.24, 2.45) is 11.7 Å². The predicted molar refractivity (Wildman–Crippen MR) is 80.0 cm³/mol. The summed E-state index contributed by atoms with van der Waals surface area (Å²) in [5.41, 5.74) is 5.56. The van der Waals surface area contributed by atoms with E-state index in [1.807, 2.05) is 0 Å². The number of likely N-dealkylation sites (N-methyl/N-ethyl adjacent to an activating group) is 1. The van der Waals surface area contributed by atoms with Crippen LogP contribution < -0.4 is 5.73 Å². The van der Waals surface area contributed by atoms with E-state index < -0.39 is 0 Å². The Morgan fingerprint density at radius 3 is 2.74 bits per heavy atom. The molecule has 1 amide bonds. The van der Waals surface area contributed by atoms with Crippen LogP contribution in [0.25, 0.3) is 0 Å². The zero-order valence-corrected chi connectivity index (χ0v) is 12.9. The van der Waals surface area contributed by atoms with Crippen molar-refractivity contribution in [2.75, 3.05) is 33.2 Å². The van der Waals surface area contributed by atoms with Crippen LogP contribution in [0.2, 0.25) is 0 Å². The van der Waals surface area contributed by atoms with E-state index in [-0.39, 0.29) is 0 Å². The van der Waals surface area contributed by atoms with Gasteiger partial charge < -0.3 is 15.5 Å². The maximum absolute atomic E-state index is 12.4. The highest BCUT2D eigenvalue weighted by atomic mass is 16.2. The quantitative estimate of drug-likeness (QED) is 0.798. The summed E-state index contributed by atoms with van der Waals surface area (Å²) in [5, 5.41) is 0. The van der Waals surface area contributed by atoms with Crippen molar-refractivity contribution >= 4 is 5.91 Å². The van der Waals surface area contributed by atoms with Crippen LogP contribution in [-0.2, 0) is 4.79 Å². The van der Waals surface area contributed by atoms with Crippen molar-refractivity contribution in [1.29, 1.82) is 0 Å². The first kappa shape index (κ1) is 16.4. The first-order chi connectivity index (χ1) is 9.08. The Bertz CT molecular complexity index is 270. The van der Waals surface area contributed by atoms with Crippen molar-refractivity contribution in [3.8, 4) is 0 Å². The average Bonchev–Trinajstić information content (AvgIpc) is 2.57. The van der Waals surface area contributed by atoms with Gasteiger partial charge in [0.2, 0.25) is 5.91 Å². The van der Waals surface area contributed by atoms with Crippen molar-refractivity contribution in [2.45, 2.75) is 52.0 Å². The Hall–Kier alpha value is -0.610. The van der Waals surface area contributed by atoms with E-state index in [1.165, 1.54) is 0 Å². The standard InChI is InChI=1S/C15H31N3O/c1-4-14-12-17(3)10-5-11-18(14)15(19)7-6-13(2)8-9-16/h13-14H,4-12,16H2,1-3H3. The summed E-state index contributed by atoms with van der Waals surface area (Å²) >= 11 is 0. The number of hydrogen-bond acceptors (Lipinski definition) is 3. The molecule has 19 heavy (non-hydrogen) atoms. The molecule has 0 saturated carbocycles. The normalized spacial score (nSPS) is 23.2. The molecule has 4 heteroatoms. The minimum Gasteiger partial charge on any atom is -0.338 e. The molecule has 4 nitrogen and oxygen atoms in total. The van der Waals surface area contributed by atoms with E-state index in [1.54, 1.807) is 0 Å². The molecular weight excluding hydrogens is 238 g/mol. The third kappa shape index (κ3) is 5.49. The number of nitrogens with zero attached hydrogens (tertiary/aromatic N) is 2.